The van der Waals surface area contributed by atoms with E-state index >= 15 is 0 Å². The zero-order valence-electron chi connectivity index (χ0n) is 13.3. The Morgan fingerprint density at radius 3 is 2.43 bits per heavy atom. The number of rotatable bonds is 5. The summed E-state index contributed by atoms with van der Waals surface area (Å²) in [5.41, 5.74) is 3.71. The Morgan fingerprint density at radius 2 is 1.74 bits per heavy atom. The van der Waals surface area contributed by atoms with Crippen LogP contribution in [0.2, 0.25) is 5.02 Å². The molecule has 1 heterocycles. The van der Waals surface area contributed by atoms with Crippen LogP contribution in [-0.4, -0.2) is 16.4 Å². The Morgan fingerprint density at radius 1 is 1.04 bits per heavy atom. The normalized spacial score (nSPS) is 10.7. The third kappa shape index (κ3) is 3.10. The van der Waals surface area contributed by atoms with Crippen LogP contribution in [0, 0.1) is 0 Å². The predicted octanol–water partition coefficient (Wildman–Crippen LogP) is 5.20. The molecule has 0 saturated carbocycles. The quantitative estimate of drug-likeness (QED) is 0.644. The van der Waals surface area contributed by atoms with Gasteiger partial charge in [-0.05, 0) is 12.5 Å². The molecule has 0 aliphatic carbocycles. The minimum absolute atomic E-state index is 0.642. The van der Waals surface area contributed by atoms with Gasteiger partial charge in [-0.1, -0.05) is 67.1 Å². The van der Waals surface area contributed by atoms with E-state index in [0.717, 1.165) is 34.7 Å². The summed E-state index contributed by atoms with van der Waals surface area (Å²) in [6.07, 6.45) is 0.936. The lowest BCUT2D eigenvalue weighted by Crippen LogP contribution is -1.98. The summed E-state index contributed by atoms with van der Waals surface area (Å²) in [5.74, 6) is 0.786. The van der Waals surface area contributed by atoms with Crippen LogP contribution in [0.5, 0.6) is 5.75 Å². The average molecular weight is 327 g/mol. The standard InChI is InChI=1S/C19H19ClN2O/c1-3-13-23-19-17(15-11-7-8-12-16(15)20)21-22(2)18(19)14-9-5-4-6-10-14/h4-12H,3,13H2,1-2H3. The summed E-state index contributed by atoms with van der Waals surface area (Å²) in [7, 11) is 1.93. The molecule has 0 atom stereocenters. The van der Waals surface area contributed by atoms with Crippen molar-refractivity contribution in [2.24, 2.45) is 7.05 Å². The van der Waals surface area contributed by atoms with Gasteiger partial charge in [-0.25, -0.2) is 0 Å². The van der Waals surface area contributed by atoms with Crippen LogP contribution in [0.25, 0.3) is 22.5 Å². The van der Waals surface area contributed by atoms with Crippen LogP contribution < -0.4 is 4.74 Å². The van der Waals surface area contributed by atoms with Gasteiger partial charge in [0.15, 0.2) is 5.75 Å². The largest absolute Gasteiger partial charge is 0.489 e. The first-order chi connectivity index (χ1) is 11.2. The molecular weight excluding hydrogens is 308 g/mol. The van der Waals surface area contributed by atoms with E-state index in [-0.39, 0.29) is 0 Å². The lowest BCUT2D eigenvalue weighted by Gasteiger charge is -2.09. The Kier molecular flexibility index (Phi) is 4.68. The van der Waals surface area contributed by atoms with E-state index in [1.807, 2.05) is 54.2 Å². The van der Waals surface area contributed by atoms with E-state index in [0.29, 0.717) is 11.6 Å². The third-order valence-corrected chi connectivity index (χ3v) is 3.96. The van der Waals surface area contributed by atoms with Crippen LogP contribution in [0.3, 0.4) is 0 Å². The van der Waals surface area contributed by atoms with Gasteiger partial charge >= 0.3 is 0 Å². The fourth-order valence-corrected chi connectivity index (χ4v) is 2.81. The maximum atomic E-state index is 6.37. The molecule has 3 nitrogen and oxygen atoms in total. The van der Waals surface area contributed by atoms with Crippen molar-refractivity contribution in [2.75, 3.05) is 6.61 Å². The molecular formula is C19H19ClN2O. The fourth-order valence-electron chi connectivity index (χ4n) is 2.59. The number of hydrogen-bond donors (Lipinski definition) is 0. The summed E-state index contributed by atoms with van der Waals surface area (Å²) in [5, 5.41) is 5.35. The van der Waals surface area contributed by atoms with Gasteiger partial charge < -0.3 is 4.74 Å². The van der Waals surface area contributed by atoms with E-state index < -0.39 is 0 Å². The summed E-state index contributed by atoms with van der Waals surface area (Å²) < 4.78 is 7.92. The van der Waals surface area contributed by atoms with Crippen molar-refractivity contribution in [3.8, 4) is 28.3 Å². The predicted molar refractivity (Wildman–Crippen MR) is 94.9 cm³/mol. The Hall–Kier alpha value is -2.26. The molecule has 4 heteroatoms. The van der Waals surface area contributed by atoms with E-state index in [2.05, 4.69) is 24.2 Å². The Balaban J connectivity index is 2.19. The zero-order chi connectivity index (χ0) is 16.2. The molecule has 0 aliphatic heterocycles. The van der Waals surface area contributed by atoms with Gasteiger partial charge in [0.25, 0.3) is 0 Å². The van der Waals surface area contributed by atoms with Crippen molar-refractivity contribution in [3.63, 3.8) is 0 Å². The minimum atomic E-state index is 0.642. The highest BCUT2D eigenvalue weighted by atomic mass is 35.5. The molecule has 118 valence electrons. The third-order valence-electron chi connectivity index (χ3n) is 3.63. The topological polar surface area (TPSA) is 27.1 Å². The maximum Gasteiger partial charge on any atom is 0.173 e. The zero-order valence-corrected chi connectivity index (χ0v) is 14.0. The Labute approximate surface area is 141 Å². The molecule has 0 aliphatic rings. The summed E-state index contributed by atoms with van der Waals surface area (Å²) in [4.78, 5) is 0. The Bertz CT molecular complexity index is 796. The van der Waals surface area contributed by atoms with E-state index in [4.69, 9.17) is 16.3 Å². The van der Waals surface area contributed by atoms with Crippen molar-refractivity contribution >= 4 is 11.6 Å². The van der Waals surface area contributed by atoms with Crippen molar-refractivity contribution in [1.29, 1.82) is 0 Å². The van der Waals surface area contributed by atoms with Crippen molar-refractivity contribution in [2.45, 2.75) is 13.3 Å². The minimum Gasteiger partial charge on any atom is -0.489 e. The number of halogens is 1. The number of benzene rings is 2. The molecule has 0 spiro atoms. The molecule has 3 aromatic rings. The first kappa shape index (κ1) is 15.6. The molecule has 0 amide bonds. The highest BCUT2D eigenvalue weighted by Crippen LogP contribution is 2.40. The van der Waals surface area contributed by atoms with E-state index in [1.165, 1.54) is 0 Å². The monoisotopic (exact) mass is 326 g/mol. The molecule has 23 heavy (non-hydrogen) atoms. The molecule has 0 bridgehead atoms. The molecule has 3 rings (SSSR count). The average Bonchev–Trinajstić information content (AvgIpc) is 2.90. The van der Waals surface area contributed by atoms with E-state index in [1.54, 1.807) is 0 Å². The van der Waals surface area contributed by atoms with Gasteiger partial charge in [0.1, 0.15) is 11.4 Å². The summed E-state index contributed by atoms with van der Waals surface area (Å²) >= 11 is 6.37. The fraction of sp³-hybridized carbons (Fsp3) is 0.211. The van der Waals surface area contributed by atoms with Gasteiger partial charge in [0.05, 0.1) is 11.6 Å². The van der Waals surface area contributed by atoms with E-state index in [9.17, 15) is 0 Å². The van der Waals surface area contributed by atoms with Gasteiger partial charge in [-0.15, -0.1) is 0 Å². The highest BCUT2D eigenvalue weighted by molar-refractivity contribution is 6.33. The van der Waals surface area contributed by atoms with Crippen molar-refractivity contribution < 1.29 is 4.74 Å². The molecule has 0 saturated heterocycles. The van der Waals surface area contributed by atoms with Gasteiger partial charge in [0, 0.05) is 18.2 Å². The second-order valence-corrected chi connectivity index (χ2v) is 5.75. The first-order valence-corrected chi connectivity index (χ1v) is 8.10. The number of aryl methyl sites for hydroxylation is 1. The lowest BCUT2D eigenvalue weighted by molar-refractivity contribution is 0.320. The molecule has 2 aromatic carbocycles. The molecule has 0 unspecified atom stereocenters. The maximum absolute atomic E-state index is 6.37. The second kappa shape index (κ2) is 6.88. The summed E-state index contributed by atoms with van der Waals surface area (Å²) in [6.45, 7) is 2.73. The number of ether oxygens (including phenoxy) is 1. The van der Waals surface area contributed by atoms with Crippen LogP contribution in [0.1, 0.15) is 13.3 Å². The SMILES string of the molecule is CCCOc1c(-c2ccccc2Cl)nn(C)c1-c1ccccc1. The van der Waals surface area contributed by atoms with Crippen molar-refractivity contribution in [1.82, 2.24) is 9.78 Å². The van der Waals surface area contributed by atoms with Gasteiger partial charge in [0.2, 0.25) is 0 Å². The second-order valence-electron chi connectivity index (χ2n) is 5.34. The smallest absolute Gasteiger partial charge is 0.173 e. The summed E-state index contributed by atoms with van der Waals surface area (Å²) in [6, 6.07) is 17.9. The molecule has 0 N–H and O–H groups in total. The molecule has 1 aromatic heterocycles. The first-order valence-electron chi connectivity index (χ1n) is 7.72. The van der Waals surface area contributed by atoms with Crippen LogP contribution in [0.15, 0.2) is 54.6 Å². The molecule has 0 fully saturated rings. The number of hydrogen-bond acceptors (Lipinski definition) is 2. The van der Waals surface area contributed by atoms with Crippen LogP contribution in [-0.2, 0) is 7.05 Å². The molecule has 0 radical (unpaired) electrons. The highest BCUT2D eigenvalue weighted by Gasteiger charge is 2.21. The number of nitrogens with zero attached hydrogens (tertiary/aromatic N) is 2. The van der Waals surface area contributed by atoms with Crippen LogP contribution >= 0.6 is 11.6 Å². The van der Waals surface area contributed by atoms with Crippen LogP contribution in [0.4, 0.5) is 0 Å². The van der Waals surface area contributed by atoms with Crippen molar-refractivity contribution in [3.05, 3.63) is 59.6 Å². The number of aromatic nitrogens is 2. The lowest BCUT2D eigenvalue weighted by atomic mass is 10.1. The van der Waals surface area contributed by atoms with Gasteiger partial charge in [-0.3, -0.25) is 4.68 Å². The van der Waals surface area contributed by atoms with Gasteiger partial charge in [-0.2, -0.15) is 5.10 Å².